The van der Waals surface area contributed by atoms with Crippen LogP contribution in [0, 0.1) is 51.4 Å². The third-order valence-electron chi connectivity index (χ3n) is 11.8. The number of nitrogens with zero attached hydrogens (tertiary/aromatic N) is 2. The van der Waals surface area contributed by atoms with E-state index in [2.05, 4.69) is 243 Å². The first kappa shape index (κ1) is 39.9. The van der Waals surface area contributed by atoms with Gasteiger partial charge in [-0.15, -0.1) is 0 Å². The van der Waals surface area contributed by atoms with E-state index in [0.717, 1.165) is 82.1 Å². The van der Waals surface area contributed by atoms with E-state index >= 15 is 0 Å². The number of hydrogen-bond acceptors (Lipinski definition) is 2. The molecule has 0 aromatic heterocycles. The van der Waals surface area contributed by atoms with Crippen LogP contribution < -0.4 is 9.80 Å². The second-order valence-corrected chi connectivity index (χ2v) is 16.6. The van der Waals surface area contributed by atoms with Crippen LogP contribution in [0.1, 0.15) is 66.8 Å². The normalized spacial score (nSPS) is 11.7. The Labute approximate surface area is 368 Å². The van der Waals surface area contributed by atoms with E-state index in [9.17, 15) is 0 Å². The largest absolute Gasteiger partial charge is 0.311 e. The van der Waals surface area contributed by atoms with Gasteiger partial charge in [-0.1, -0.05) is 119 Å². The minimum atomic E-state index is 0.914. The highest BCUT2D eigenvalue weighted by Gasteiger charge is 2.15. The minimum absolute atomic E-state index is 0.914. The number of anilines is 6. The average molecular weight is 799 g/mol. The van der Waals surface area contributed by atoms with Gasteiger partial charge in [-0.05, 0) is 185 Å². The van der Waals surface area contributed by atoms with Crippen LogP contribution in [0.5, 0.6) is 0 Å². The lowest BCUT2D eigenvalue weighted by atomic mass is 9.91. The molecule has 8 aromatic carbocycles. The summed E-state index contributed by atoms with van der Waals surface area (Å²) in [4.78, 5) is 4.60. The Morgan fingerprint density at radius 2 is 0.565 bits per heavy atom. The zero-order chi connectivity index (χ0) is 42.4. The topological polar surface area (TPSA) is 6.48 Å². The van der Waals surface area contributed by atoms with Crippen molar-refractivity contribution in [1.29, 1.82) is 0 Å². The van der Waals surface area contributed by atoms with Crippen LogP contribution in [0.25, 0.3) is 0 Å². The summed E-state index contributed by atoms with van der Waals surface area (Å²) in [6.07, 6.45) is 3.68. The number of benzene rings is 8. The van der Waals surface area contributed by atoms with Gasteiger partial charge < -0.3 is 9.80 Å². The SMILES string of the molecule is Cc1ccc(N(c2ccc(C)cc2)c2ccc(C#Cc3cc4ccc3CCc3ccc(c(C#Cc5ccc(N(c6ccc(C)cc6)c6ccc(C)cc6)cc5)c3)CC4)cc2)cc1. The van der Waals surface area contributed by atoms with Crippen molar-refractivity contribution in [2.24, 2.45) is 0 Å². The van der Waals surface area contributed by atoms with Crippen molar-refractivity contribution >= 4 is 34.1 Å². The lowest BCUT2D eigenvalue weighted by Crippen LogP contribution is -2.09. The summed E-state index contributed by atoms with van der Waals surface area (Å²) in [6.45, 7) is 8.50. The first-order valence-electron chi connectivity index (χ1n) is 21.7. The Morgan fingerprint density at radius 3 is 0.855 bits per heavy atom. The second kappa shape index (κ2) is 18.0. The molecule has 4 bridgehead atoms. The maximum absolute atomic E-state index is 3.58. The van der Waals surface area contributed by atoms with Crippen molar-refractivity contribution in [3.8, 4) is 23.7 Å². The summed E-state index contributed by atoms with van der Waals surface area (Å²) < 4.78 is 0. The molecule has 0 spiro atoms. The van der Waals surface area contributed by atoms with Gasteiger partial charge in [0.25, 0.3) is 0 Å². The molecule has 4 aliphatic carbocycles. The maximum atomic E-state index is 3.58. The molecule has 0 unspecified atom stereocenters. The molecule has 4 aliphatic rings. The van der Waals surface area contributed by atoms with Crippen molar-refractivity contribution in [3.05, 3.63) is 249 Å². The van der Waals surface area contributed by atoms with Gasteiger partial charge >= 0.3 is 0 Å². The Kier molecular flexibility index (Phi) is 11.6. The molecule has 0 fully saturated rings. The van der Waals surface area contributed by atoms with Crippen LogP contribution in [0.15, 0.2) is 182 Å². The van der Waals surface area contributed by atoms with Crippen molar-refractivity contribution < 1.29 is 0 Å². The number of rotatable bonds is 6. The molecule has 62 heavy (non-hydrogen) atoms. The van der Waals surface area contributed by atoms with Crippen LogP contribution in [0.3, 0.4) is 0 Å². The highest BCUT2D eigenvalue weighted by molar-refractivity contribution is 5.78. The Bertz CT molecular complexity index is 2650. The highest BCUT2D eigenvalue weighted by Crippen LogP contribution is 2.36. The molecule has 0 saturated heterocycles. The fourth-order valence-electron chi connectivity index (χ4n) is 8.12. The molecular formula is C60H50N2. The van der Waals surface area contributed by atoms with Gasteiger partial charge in [-0.25, -0.2) is 0 Å². The summed E-state index contributed by atoms with van der Waals surface area (Å²) in [5.74, 6) is 14.2. The van der Waals surface area contributed by atoms with E-state index in [1.165, 1.54) is 44.5 Å². The second-order valence-electron chi connectivity index (χ2n) is 16.6. The van der Waals surface area contributed by atoms with Gasteiger partial charge in [0, 0.05) is 56.4 Å². The van der Waals surface area contributed by atoms with E-state index < -0.39 is 0 Å². The number of hydrogen-bond donors (Lipinski definition) is 0. The molecular weight excluding hydrogens is 749 g/mol. The minimum Gasteiger partial charge on any atom is -0.311 e. The van der Waals surface area contributed by atoms with Crippen LogP contribution in [-0.4, -0.2) is 0 Å². The fourth-order valence-corrected chi connectivity index (χ4v) is 8.12. The third kappa shape index (κ3) is 9.27. The first-order chi connectivity index (χ1) is 30.3. The third-order valence-corrected chi connectivity index (χ3v) is 11.8. The zero-order valence-electron chi connectivity index (χ0n) is 36.0. The highest BCUT2D eigenvalue weighted by atomic mass is 15.1. The molecule has 0 heterocycles. The van der Waals surface area contributed by atoms with Crippen LogP contribution >= 0.6 is 0 Å². The van der Waals surface area contributed by atoms with Gasteiger partial charge in [-0.3, -0.25) is 0 Å². The molecule has 2 heteroatoms. The Morgan fingerprint density at radius 1 is 0.290 bits per heavy atom. The molecule has 12 rings (SSSR count). The molecule has 2 nitrogen and oxygen atoms in total. The van der Waals surface area contributed by atoms with Gasteiger partial charge in [0.2, 0.25) is 0 Å². The maximum Gasteiger partial charge on any atom is 0.0462 e. The van der Waals surface area contributed by atoms with Gasteiger partial charge in [0.15, 0.2) is 0 Å². The van der Waals surface area contributed by atoms with E-state index in [-0.39, 0.29) is 0 Å². The van der Waals surface area contributed by atoms with Crippen molar-refractivity contribution in [1.82, 2.24) is 0 Å². The van der Waals surface area contributed by atoms with Crippen LogP contribution in [0.2, 0.25) is 0 Å². The molecule has 0 saturated carbocycles. The van der Waals surface area contributed by atoms with Gasteiger partial charge in [-0.2, -0.15) is 0 Å². The smallest absolute Gasteiger partial charge is 0.0462 e. The molecule has 8 aromatic rings. The van der Waals surface area contributed by atoms with Crippen LogP contribution in [-0.2, 0) is 25.7 Å². The average Bonchev–Trinajstić information content (AvgIpc) is 3.29. The molecule has 0 amide bonds. The van der Waals surface area contributed by atoms with Crippen molar-refractivity contribution in [2.45, 2.75) is 53.4 Å². The van der Waals surface area contributed by atoms with E-state index in [4.69, 9.17) is 0 Å². The van der Waals surface area contributed by atoms with Crippen LogP contribution in [0.4, 0.5) is 34.1 Å². The summed E-state index contributed by atoms with van der Waals surface area (Å²) >= 11 is 0. The van der Waals surface area contributed by atoms with Crippen molar-refractivity contribution in [3.63, 3.8) is 0 Å². The van der Waals surface area contributed by atoms with Crippen molar-refractivity contribution in [2.75, 3.05) is 9.80 Å². The monoisotopic (exact) mass is 798 g/mol. The predicted octanol–water partition coefficient (Wildman–Crippen LogP) is 14.5. The molecule has 300 valence electrons. The summed E-state index contributed by atoms with van der Waals surface area (Å²) in [5, 5.41) is 0. The quantitative estimate of drug-likeness (QED) is 0.155. The Balaban J connectivity index is 0.927. The predicted molar refractivity (Wildman–Crippen MR) is 261 cm³/mol. The zero-order valence-corrected chi connectivity index (χ0v) is 36.0. The molecule has 0 aliphatic heterocycles. The number of aryl methyl sites for hydroxylation is 8. The molecule has 0 atom stereocenters. The van der Waals surface area contributed by atoms with Gasteiger partial charge in [0.1, 0.15) is 0 Å². The van der Waals surface area contributed by atoms with Gasteiger partial charge in [0.05, 0.1) is 0 Å². The fraction of sp³-hybridized carbons (Fsp3) is 0.133. The summed E-state index contributed by atoms with van der Waals surface area (Å²) in [6, 6.07) is 65.9. The molecule has 0 N–H and O–H groups in total. The summed E-state index contributed by atoms with van der Waals surface area (Å²) in [7, 11) is 0. The lowest BCUT2D eigenvalue weighted by Gasteiger charge is -2.25. The Hall–Kier alpha value is -7.52. The first-order valence-corrected chi connectivity index (χ1v) is 21.7. The van der Waals surface area contributed by atoms with E-state index in [0.29, 0.717) is 0 Å². The lowest BCUT2D eigenvalue weighted by molar-refractivity contribution is 0.916. The van der Waals surface area contributed by atoms with E-state index in [1.54, 1.807) is 0 Å². The molecule has 0 radical (unpaired) electrons. The van der Waals surface area contributed by atoms with E-state index in [1.807, 2.05) is 0 Å². The standard InChI is InChI=1S/C60H50N2/c1-43-5-29-55(30-6-43)61(56-31-7-44(2)8-32-56)59-37-19-47(20-38-59)13-27-53-41-49-15-23-51(53)25-17-50-16-24-52(26-18-49)54(42-50)28-14-48-21-39-60(40-22-48)62(57-33-9-45(3)10-34-57)58-35-11-46(4)12-36-58/h5-12,15-16,19-24,29-42H,17-18,25-26H2,1-4H3. The summed E-state index contributed by atoms with van der Waals surface area (Å²) in [5.41, 5.74) is 21.1.